The highest BCUT2D eigenvalue weighted by molar-refractivity contribution is 7.67. The van der Waals surface area contributed by atoms with Crippen LogP contribution in [0.1, 0.15) is 37.5 Å². The predicted molar refractivity (Wildman–Crippen MR) is 117 cm³/mol. The van der Waals surface area contributed by atoms with Gasteiger partial charge in [-0.2, -0.15) is 0 Å². The molecule has 0 radical (unpaired) electrons. The monoisotopic (exact) mass is 366 g/mol. The fraction of sp³-hybridized carbons (Fsp3) is 0.391. The summed E-state index contributed by atoms with van der Waals surface area (Å²) in [6.45, 7) is 14.7. The maximum absolute atomic E-state index is 2.47. The summed E-state index contributed by atoms with van der Waals surface area (Å²) >= 11 is 0. The van der Waals surface area contributed by atoms with Crippen LogP contribution in [0.4, 0.5) is 5.69 Å². The van der Waals surface area contributed by atoms with E-state index in [1.165, 1.54) is 27.7 Å². The fourth-order valence-corrected chi connectivity index (χ4v) is 6.24. The Morgan fingerprint density at radius 3 is 2.12 bits per heavy atom. The molecule has 0 aromatic heterocycles. The molecule has 0 unspecified atom stereocenters. The third-order valence-electron chi connectivity index (χ3n) is 4.91. The Balaban J connectivity index is 1.78. The average Bonchev–Trinajstić information content (AvgIpc) is 2.99. The van der Waals surface area contributed by atoms with Gasteiger partial charge in [-0.15, -0.1) is 0 Å². The van der Waals surface area contributed by atoms with Crippen LogP contribution < -0.4 is 10.2 Å². The average molecular weight is 366 g/mol. The van der Waals surface area contributed by atoms with Crippen LogP contribution in [-0.2, 0) is 0 Å². The van der Waals surface area contributed by atoms with Gasteiger partial charge in [0.25, 0.3) is 0 Å². The third kappa shape index (κ3) is 4.13. The van der Waals surface area contributed by atoms with Gasteiger partial charge in [0.15, 0.2) is 0 Å². The number of benzene rings is 2. The van der Waals surface area contributed by atoms with E-state index in [1.807, 2.05) is 0 Å². The van der Waals surface area contributed by atoms with Crippen LogP contribution in [0.5, 0.6) is 0 Å². The third-order valence-corrected chi connectivity index (χ3v) is 8.10. The summed E-state index contributed by atoms with van der Waals surface area (Å²) < 4.78 is 0. The Hall–Kier alpha value is -1.79. The van der Waals surface area contributed by atoms with E-state index in [9.17, 15) is 0 Å². The first-order valence-corrected chi connectivity index (χ1v) is 10.9. The number of aryl methyl sites for hydroxylation is 3. The van der Waals surface area contributed by atoms with Gasteiger partial charge in [0, 0.05) is 24.4 Å². The smallest absolute Gasteiger partial charge is 0.0945 e. The molecule has 1 aliphatic heterocycles. The SMILES string of the molecule is Cc1cc(C)c(N2C=CN(C[P@](c3ccccc3)C(C)(C)C)C2)c(C)c1. The van der Waals surface area contributed by atoms with E-state index in [0.29, 0.717) is 0 Å². The van der Waals surface area contributed by atoms with Gasteiger partial charge >= 0.3 is 0 Å². The highest BCUT2D eigenvalue weighted by Gasteiger charge is 2.29. The highest BCUT2D eigenvalue weighted by atomic mass is 31.1. The minimum atomic E-state index is -0.268. The van der Waals surface area contributed by atoms with Crippen LogP contribution >= 0.6 is 7.92 Å². The first kappa shape index (κ1) is 19.0. The van der Waals surface area contributed by atoms with Crippen molar-refractivity contribution in [1.29, 1.82) is 0 Å². The second-order valence-corrected chi connectivity index (χ2v) is 11.3. The maximum Gasteiger partial charge on any atom is 0.0945 e. The molecule has 3 heteroatoms. The first-order valence-electron chi connectivity index (χ1n) is 9.35. The lowest BCUT2D eigenvalue weighted by Gasteiger charge is -2.35. The predicted octanol–water partition coefficient (Wildman–Crippen LogP) is 5.73. The van der Waals surface area contributed by atoms with E-state index in [-0.39, 0.29) is 13.1 Å². The molecular weight excluding hydrogens is 335 g/mol. The van der Waals surface area contributed by atoms with Crippen LogP contribution in [0.25, 0.3) is 0 Å². The molecule has 26 heavy (non-hydrogen) atoms. The Morgan fingerprint density at radius 2 is 1.54 bits per heavy atom. The molecular formula is C23H31N2P. The van der Waals surface area contributed by atoms with Crippen molar-refractivity contribution in [3.8, 4) is 0 Å². The number of hydrogen-bond donors (Lipinski definition) is 0. The lowest BCUT2D eigenvalue weighted by molar-refractivity contribution is 0.470. The van der Waals surface area contributed by atoms with Crippen LogP contribution in [-0.4, -0.2) is 23.0 Å². The molecule has 0 fully saturated rings. The summed E-state index contributed by atoms with van der Waals surface area (Å²) in [5.74, 6) is 0. The van der Waals surface area contributed by atoms with Gasteiger partial charge in [-0.25, -0.2) is 0 Å². The molecule has 1 heterocycles. The van der Waals surface area contributed by atoms with Crippen molar-refractivity contribution in [2.45, 2.75) is 46.7 Å². The van der Waals surface area contributed by atoms with Gasteiger partial charge in [0.1, 0.15) is 0 Å². The zero-order valence-corrected chi connectivity index (χ0v) is 17.8. The summed E-state index contributed by atoms with van der Waals surface area (Å²) in [5.41, 5.74) is 5.41. The molecule has 3 rings (SSSR count). The Kier molecular flexibility index (Phi) is 5.44. The topological polar surface area (TPSA) is 6.48 Å². The van der Waals surface area contributed by atoms with Crippen molar-refractivity contribution in [1.82, 2.24) is 4.90 Å². The molecule has 0 N–H and O–H groups in total. The molecule has 0 bridgehead atoms. The van der Waals surface area contributed by atoms with Gasteiger partial charge in [0.2, 0.25) is 0 Å². The summed E-state index contributed by atoms with van der Waals surface area (Å²) in [4.78, 5) is 4.87. The first-order chi connectivity index (χ1) is 12.3. The van der Waals surface area contributed by atoms with Gasteiger partial charge in [0.05, 0.1) is 6.67 Å². The second kappa shape index (κ2) is 7.45. The summed E-state index contributed by atoms with van der Waals surface area (Å²) in [5, 5.41) is 1.78. The molecule has 138 valence electrons. The molecule has 0 saturated heterocycles. The molecule has 2 aromatic rings. The van der Waals surface area contributed by atoms with Crippen molar-refractivity contribution < 1.29 is 0 Å². The molecule has 2 nitrogen and oxygen atoms in total. The number of nitrogens with zero attached hydrogens (tertiary/aromatic N) is 2. The second-order valence-electron chi connectivity index (χ2n) is 8.32. The van der Waals surface area contributed by atoms with Gasteiger partial charge < -0.3 is 9.80 Å². The standard InChI is InChI=1S/C23H31N2P/c1-18-14-19(2)22(20(3)15-18)25-13-12-24(16-25)17-26(23(4,5)6)21-10-8-7-9-11-21/h7-15H,16-17H2,1-6H3/t26-/m1/s1. The van der Waals surface area contributed by atoms with E-state index in [4.69, 9.17) is 0 Å². The van der Waals surface area contributed by atoms with E-state index >= 15 is 0 Å². The fourth-order valence-electron chi connectivity index (χ4n) is 3.80. The molecule has 1 aliphatic rings. The quantitative estimate of drug-likeness (QED) is 0.638. The summed E-state index contributed by atoms with van der Waals surface area (Å²) in [6.07, 6.45) is 5.61. The van der Waals surface area contributed by atoms with Gasteiger partial charge in [-0.05, 0) is 50.3 Å². The van der Waals surface area contributed by atoms with E-state index in [1.54, 1.807) is 0 Å². The van der Waals surface area contributed by atoms with Crippen molar-refractivity contribution in [2.75, 3.05) is 17.9 Å². The summed E-state index contributed by atoms with van der Waals surface area (Å²) in [7, 11) is -0.268. The Bertz CT molecular complexity index is 767. The largest absolute Gasteiger partial charge is 0.354 e. The van der Waals surface area contributed by atoms with Gasteiger partial charge in [-0.3, -0.25) is 0 Å². The van der Waals surface area contributed by atoms with Crippen LogP contribution in [0, 0.1) is 20.8 Å². The van der Waals surface area contributed by atoms with E-state index in [0.717, 1.165) is 13.0 Å². The van der Waals surface area contributed by atoms with E-state index < -0.39 is 0 Å². The minimum absolute atomic E-state index is 0.268. The highest BCUT2D eigenvalue weighted by Crippen LogP contribution is 2.49. The maximum atomic E-state index is 2.47. The minimum Gasteiger partial charge on any atom is -0.354 e. The molecule has 1 atom stereocenters. The van der Waals surface area contributed by atoms with Crippen LogP contribution in [0.15, 0.2) is 54.9 Å². The Morgan fingerprint density at radius 1 is 0.923 bits per heavy atom. The molecule has 0 aliphatic carbocycles. The summed E-state index contributed by atoms with van der Waals surface area (Å²) in [6, 6.07) is 15.6. The molecule has 0 saturated carbocycles. The molecule has 2 aromatic carbocycles. The van der Waals surface area contributed by atoms with E-state index in [2.05, 4.69) is 106 Å². The molecule has 0 amide bonds. The van der Waals surface area contributed by atoms with Crippen LogP contribution in [0.2, 0.25) is 0 Å². The van der Waals surface area contributed by atoms with Crippen molar-refractivity contribution in [3.05, 3.63) is 71.6 Å². The van der Waals surface area contributed by atoms with Gasteiger partial charge in [-0.1, -0.05) is 68.8 Å². The van der Waals surface area contributed by atoms with Crippen molar-refractivity contribution >= 4 is 18.9 Å². The lowest BCUT2D eigenvalue weighted by atomic mass is 10.0. The Labute approximate surface area is 160 Å². The van der Waals surface area contributed by atoms with Crippen molar-refractivity contribution in [2.24, 2.45) is 0 Å². The van der Waals surface area contributed by atoms with Crippen LogP contribution in [0.3, 0.4) is 0 Å². The van der Waals surface area contributed by atoms with Crippen molar-refractivity contribution in [3.63, 3.8) is 0 Å². The zero-order chi connectivity index (χ0) is 18.9. The lowest BCUT2D eigenvalue weighted by Crippen LogP contribution is -2.31. The number of rotatable bonds is 4. The normalized spacial score (nSPS) is 15.6. The number of hydrogen-bond acceptors (Lipinski definition) is 2. The number of anilines is 1. The zero-order valence-electron chi connectivity index (χ0n) is 17.0. The molecule has 0 spiro atoms.